The second-order valence-corrected chi connectivity index (χ2v) is 3.95. The van der Waals surface area contributed by atoms with Crippen molar-refractivity contribution in [1.29, 1.82) is 0 Å². The second kappa shape index (κ2) is 5.84. The standard InChI is InChI=1S/C9H8BrF4N.ClH/c10-7-2-5(8(15)4-11)1-6(3-7)9(12,13)14;/h1-3,8H,4,15H2;1H/t8-;/m1./s1. The number of nitrogens with two attached hydrogens (primary N) is 1. The van der Waals surface area contributed by atoms with Crippen molar-refractivity contribution in [2.45, 2.75) is 12.2 Å². The molecule has 0 fully saturated rings. The highest BCUT2D eigenvalue weighted by Gasteiger charge is 2.31. The van der Waals surface area contributed by atoms with E-state index in [-0.39, 0.29) is 22.4 Å². The number of hydrogen-bond donors (Lipinski definition) is 1. The molecule has 0 unspecified atom stereocenters. The first kappa shape index (κ1) is 15.7. The Morgan fingerprint density at radius 1 is 1.25 bits per heavy atom. The Balaban J connectivity index is 0.00000225. The van der Waals surface area contributed by atoms with Crippen LogP contribution in [0.25, 0.3) is 0 Å². The molecule has 0 spiro atoms. The molecule has 0 bridgehead atoms. The van der Waals surface area contributed by atoms with Gasteiger partial charge in [0.2, 0.25) is 0 Å². The molecule has 1 aromatic carbocycles. The first-order valence-corrected chi connectivity index (χ1v) is 4.83. The van der Waals surface area contributed by atoms with Gasteiger partial charge in [-0.1, -0.05) is 15.9 Å². The molecule has 0 aliphatic carbocycles. The van der Waals surface area contributed by atoms with E-state index in [0.29, 0.717) is 0 Å². The molecule has 0 amide bonds. The van der Waals surface area contributed by atoms with Crippen LogP contribution in [0.5, 0.6) is 0 Å². The van der Waals surface area contributed by atoms with Crippen molar-refractivity contribution >= 4 is 28.3 Å². The van der Waals surface area contributed by atoms with Crippen LogP contribution in [0.4, 0.5) is 17.6 Å². The van der Waals surface area contributed by atoms with Gasteiger partial charge < -0.3 is 5.73 Å². The number of alkyl halides is 4. The Morgan fingerprint density at radius 2 is 1.81 bits per heavy atom. The van der Waals surface area contributed by atoms with Crippen LogP contribution in [0.2, 0.25) is 0 Å². The molecule has 0 heterocycles. The summed E-state index contributed by atoms with van der Waals surface area (Å²) in [6, 6.07) is 2.13. The van der Waals surface area contributed by atoms with E-state index in [9.17, 15) is 17.6 Å². The van der Waals surface area contributed by atoms with Gasteiger partial charge in [-0.2, -0.15) is 13.2 Å². The largest absolute Gasteiger partial charge is 0.416 e. The summed E-state index contributed by atoms with van der Waals surface area (Å²) in [4.78, 5) is 0. The zero-order valence-corrected chi connectivity index (χ0v) is 10.3. The highest BCUT2D eigenvalue weighted by molar-refractivity contribution is 9.10. The van der Waals surface area contributed by atoms with Crippen LogP contribution in [0.15, 0.2) is 22.7 Å². The van der Waals surface area contributed by atoms with E-state index in [1.165, 1.54) is 6.07 Å². The molecule has 0 radical (unpaired) electrons. The van der Waals surface area contributed by atoms with Gasteiger partial charge in [0.1, 0.15) is 6.67 Å². The third-order valence-corrected chi connectivity index (χ3v) is 2.30. The van der Waals surface area contributed by atoms with Gasteiger partial charge in [0.25, 0.3) is 0 Å². The lowest BCUT2D eigenvalue weighted by Crippen LogP contribution is -2.14. The maximum atomic E-state index is 12.4. The monoisotopic (exact) mass is 321 g/mol. The van der Waals surface area contributed by atoms with Gasteiger partial charge in [-0.3, -0.25) is 0 Å². The van der Waals surface area contributed by atoms with E-state index in [4.69, 9.17) is 5.73 Å². The maximum absolute atomic E-state index is 12.4. The first-order valence-electron chi connectivity index (χ1n) is 4.04. The van der Waals surface area contributed by atoms with E-state index in [1.807, 2.05) is 0 Å². The van der Waals surface area contributed by atoms with Gasteiger partial charge in [0.15, 0.2) is 0 Å². The lowest BCUT2D eigenvalue weighted by Gasteiger charge is -2.12. The first-order chi connectivity index (χ1) is 6.84. The summed E-state index contributed by atoms with van der Waals surface area (Å²) in [5.41, 5.74) is 4.60. The predicted molar refractivity (Wildman–Crippen MR) is 59.3 cm³/mol. The average molecular weight is 323 g/mol. The van der Waals surface area contributed by atoms with Crippen molar-refractivity contribution in [2.75, 3.05) is 6.67 Å². The fourth-order valence-electron chi connectivity index (χ4n) is 1.08. The van der Waals surface area contributed by atoms with Crippen molar-refractivity contribution in [1.82, 2.24) is 0 Å². The highest BCUT2D eigenvalue weighted by atomic mass is 79.9. The molecule has 0 aliphatic rings. The van der Waals surface area contributed by atoms with Crippen LogP contribution < -0.4 is 5.73 Å². The van der Waals surface area contributed by atoms with E-state index in [0.717, 1.165) is 12.1 Å². The summed E-state index contributed by atoms with van der Waals surface area (Å²) in [6.45, 7) is -0.895. The molecule has 1 aromatic rings. The summed E-state index contributed by atoms with van der Waals surface area (Å²) in [6.07, 6.45) is -4.45. The lowest BCUT2D eigenvalue weighted by atomic mass is 10.1. The molecular formula is C9H9BrClF4N. The Kier molecular flexibility index (Phi) is 5.72. The minimum Gasteiger partial charge on any atom is -0.322 e. The molecule has 2 N–H and O–H groups in total. The fraction of sp³-hybridized carbons (Fsp3) is 0.333. The van der Waals surface area contributed by atoms with Crippen molar-refractivity contribution in [3.8, 4) is 0 Å². The Hall–Kier alpha value is -0.330. The molecule has 0 saturated carbocycles. The van der Waals surface area contributed by atoms with E-state index in [1.54, 1.807) is 0 Å². The molecule has 1 rings (SSSR count). The number of rotatable bonds is 2. The average Bonchev–Trinajstić information content (AvgIpc) is 2.14. The predicted octanol–water partition coefficient (Wildman–Crippen LogP) is 3.86. The van der Waals surface area contributed by atoms with Gasteiger partial charge in [-0.25, -0.2) is 4.39 Å². The molecule has 7 heteroatoms. The van der Waals surface area contributed by atoms with Gasteiger partial charge in [0.05, 0.1) is 11.6 Å². The maximum Gasteiger partial charge on any atom is 0.416 e. The Bertz CT molecular complexity index is 356. The molecule has 0 saturated heterocycles. The van der Waals surface area contributed by atoms with Crippen LogP contribution in [-0.2, 0) is 6.18 Å². The summed E-state index contributed by atoms with van der Waals surface area (Å²) in [5.74, 6) is 0. The summed E-state index contributed by atoms with van der Waals surface area (Å²) in [7, 11) is 0. The van der Waals surface area contributed by atoms with Crippen molar-refractivity contribution in [3.63, 3.8) is 0 Å². The number of halogens is 6. The SMILES string of the molecule is Cl.N[C@H](CF)c1cc(Br)cc(C(F)(F)F)c1. The molecule has 16 heavy (non-hydrogen) atoms. The van der Waals surface area contributed by atoms with Crippen molar-refractivity contribution in [2.24, 2.45) is 5.73 Å². The third-order valence-electron chi connectivity index (χ3n) is 1.84. The van der Waals surface area contributed by atoms with Crippen LogP contribution in [0.1, 0.15) is 17.2 Å². The number of hydrogen-bond acceptors (Lipinski definition) is 1. The molecule has 1 atom stereocenters. The third kappa shape index (κ3) is 3.92. The van der Waals surface area contributed by atoms with Gasteiger partial charge in [-0.15, -0.1) is 12.4 Å². The van der Waals surface area contributed by atoms with E-state index in [2.05, 4.69) is 15.9 Å². The van der Waals surface area contributed by atoms with Crippen LogP contribution >= 0.6 is 28.3 Å². The van der Waals surface area contributed by atoms with Crippen LogP contribution in [-0.4, -0.2) is 6.67 Å². The molecule has 0 aromatic heterocycles. The summed E-state index contributed by atoms with van der Waals surface area (Å²) >= 11 is 2.92. The minimum atomic E-state index is -4.45. The summed E-state index contributed by atoms with van der Waals surface area (Å²) in [5, 5.41) is 0. The number of benzene rings is 1. The quantitative estimate of drug-likeness (QED) is 0.822. The van der Waals surface area contributed by atoms with Gasteiger partial charge in [-0.05, 0) is 23.8 Å². The van der Waals surface area contributed by atoms with Crippen LogP contribution in [0.3, 0.4) is 0 Å². The highest BCUT2D eigenvalue weighted by Crippen LogP contribution is 2.33. The lowest BCUT2D eigenvalue weighted by molar-refractivity contribution is -0.137. The van der Waals surface area contributed by atoms with Gasteiger partial charge in [0, 0.05) is 4.47 Å². The van der Waals surface area contributed by atoms with E-state index >= 15 is 0 Å². The Labute approximate surface area is 105 Å². The minimum absolute atomic E-state index is 0. The molecule has 92 valence electrons. The Morgan fingerprint density at radius 3 is 2.25 bits per heavy atom. The fourth-order valence-corrected chi connectivity index (χ4v) is 1.59. The van der Waals surface area contributed by atoms with Crippen molar-refractivity contribution < 1.29 is 17.6 Å². The van der Waals surface area contributed by atoms with Crippen LogP contribution in [0, 0.1) is 0 Å². The van der Waals surface area contributed by atoms with E-state index < -0.39 is 24.5 Å². The smallest absolute Gasteiger partial charge is 0.322 e. The second-order valence-electron chi connectivity index (χ2n) is 3.03. The van der Waals surface area contributed by atoms with Gasteiger partial charge >= 0.3 is 6.18 Å². The zero-order valence-electron chi connectivity index (χ0n) is 7.89. The topological polar surface area (TPSA) is 26.0 Å². The molecule has 1 nitrogen and oxygen atoms in total. The zero-order chi connectivity index (χ0) is 11.6. The molecular weight excluding hydrogens is 313 g/mol. The summed E-state index contributed by atoms with van der Waals surface area (Å²) < 4.78 is 49.5. The van der Waals surface area contributed by atoms with Crippen molar-refractivity contribution in [3.05, 3.63) is 33.8 Å². The molecule has 0 aliphatic heterocycles. The normalized spacial score (nSPS) is 13.1.